The van der Waals surface area contributed by atoms with E-state index < -0.39 is 0 Å². The standard InChI is InChI=1S/C22H21N7OS/c1-14-11-18(15(2)29(14)27-12-24-25-13-27)21-20(19-5-3-4-10-23-19)26-22(31)28(21)16-6-8-17(30)9-7-16/h3-13,20-21,30H,1-2H3,(H,26,31)/t20-,21-/m0/s1. The molecular weight excluding hydrogens is 410 g/mol. The molecule has 4 aromatic rings. The molecule has 3 aromatic heterocycles. The van der Waals surface area contributed by atoms with Crippen LogP contribution in [-0.4, -0.2) is 34.8 Å². The van der Waals surface area contributed by atoms with Crippen molar-refractivity contribution >= 4 is 23.0 Å². The molecule has 0 aliphatic carbocycles. The van der Waals surface area contributed by atoms with E-state index in [1.807, 2.05) is 35.0 Å². The van der Waals surface area contributed by atoms with Crippen molar-refractivity contribution < 1.29 is 5.11 Å². The molecule has 0 bridgehead atoms. The van der Waals surface area contributed by atoms with Gasteiger partial charge in [0.2, 0.25) is 0 Å². The third-order valence-electron chi connectivity index (χ3n) is 5.62. The number of aromatic hydroxyl groups is 1. The van der Waals surface area contributed by atoms with E-state index in [0.717, 1.165) is 28.3 Å². The zero-order valence-electron chi connectivity index (χ0n) is 17.0. The van der Waals surface area contributed by atoms with E-state index in [2.05, 4.69) is 50.0 Å². The molecular formula is C22H21N7OS. The zero-order valence-corrected chi connectivity index (χ0v) is 17.9. The summed E-state index contributed by atoms with van der Waals surface area (Å²) in [5, 5.41) is 21.7. The molecule has 0 radical (unpaired) electrons. The van der Waals surface area contributed by atoms with E-state index in [1.54, 1.807) is 31.0 Å². The van der Waals surface area contributed by atoms with Crippen molar-refractivity contribution in [2.24, 2.45) is 0 Å². The van der Waals surface area contributed by atoms with E-state index in [4.69, 9.17) is 12.2 Å². The smallest absolute Gasteiger partial charge is 0.174 e. The van der Waals surface area contributed by atoms with Crippen molar-refractivity contribution in [2.45, 2.75) is 25.9 Å². The molecule has 0 unspecified atom stereocenters. The fourth-order valence-electron chi connectivity index (χ4n) is 4.29. The van der Waals surface area contributed by atoms with Gasteiger partial charge in [0.25, 0.3) is 0 Å². The van der Waals surface area contributed by atoms with Crippen LogP contribution in [0, 0.1) is 13.8 Å². The van der Waals surface area contributed by atoms with Crippen LogP contribution in [0.15, 0.2) is 67.4 Å². The van der Waals surface area contributed by atoms with Gasteiger partial charge < -0.3 is 15.3 Å². The Morgan fingerprint density at radius 1 is 1.03 bits per heavy atom. The maximum atomic E-state index is 9.77. The van der Waals surface area contributed by atoms with Crippen LogP contribution in [0.3, 0.4) is 0 Å². The first-order valence-electron chi connectivity index (χ1n) is 9.88. The van der Waals surface area contributed by atoms with Gasteiger partial charge in [-0.3, -0.25) is 9.66 Å². The Balaban J connectivity index is 1.68. The Morgan fingerprint density at radius 3 is 2.45 bits per heavy atom. The maximum absolute atomic E-state index is 9.77. The van der Waals surface area contributed by atoms with Crippen molar-refractivity contribution in [2.75, 3.05) is 4.90 Å². The monoisotopic (exact) mass is 431 g/mol. The quantitative estimate of drug-likeness (QED) is 0.480. The van der Waals surface area contributed by atoms with Crippen LogP contribution in [-0.2, 0) is 0 Å². The largest absolute Gasteiger partial charge is 0.508 e. The zero-order chi connectivity index (χ0) is 21.5. The second kappa shape index (κ2) is 7.51. The minimum Gasteiger partial charge on any atom is -0.508 e. The predicted molar refractivity (Wildman–Crippen MR) is 121 cm³/mol. The predicted octanol–water partition coefficient (Wildman–Crippen LogP) is 3.29. The first-order chi connectivity index (χ1) is 15.0. The molecule has 8 nitrogen and oxygen atoms in total. The normalized spacial score (nSPS) is 18.4. The molecule has 156 valence electrons. The van der Waals surface area contributed by atoms with Crippen LogP contribution in [0.5, 0.6) is 5.75 Å². The Hall–Kier alpha value is -3.72. The Kier molecular flexibility index (Phi) is 4.67. The van der Waals surface area contributed by atoms with Gasteiger partial charge >= 0.3 is 0 Å². The van der Waals surface area contributed by atoms with E-state index in [-0.39, 0.29) is 17.8 Å². The van der Waals surface area contributed by atoms with Crippen LogP contribution in [0.4, 0.5) is 5.69 Å². The highest BCUT2D eigenvalue weighted by molar-refractivity contribution is 7.80. The van der Waals surface area contributed by atoms with Gasteiger partial charge in [0, 0.05) is 28.8 Å². The average Bonchev–Trinajstić information content (AvgIpc) is 3.47. The second-order valence-electron chi connectivity index (χ2n) is 7.49. The molecule has 5 rings (SSSR count). The van der Waals surface area contributed by atoms with Crippen molar-refractivity contribution in [3.63, 3.8) is 0 Å². The molecule has 0 saturated carbocycles. The number of phenols is 1. The number of anilines is 1. The lowest BCUT2D eigenvalue weighted by Gasteiger charge is -2.28. The number of pyridine rings is 1. The number of hydrogen-bond acceptors (Lipinski definition) is 5. The molecule has 0 amide bonds. The van der Waals surface area contributed by atoms with Crippen LogP contribution in [0.2, 0.25) is 0 Å². The van der Waals surface area contributed by atoms with Gasteiger partial charge in [-0.15, -0.1) is 10.2 Å². The summed E-state index contributed by atoms with van der Waals surface area (Å²) in [5.41, 5.74) is 5.02. The van der Waals surface area contributed by atoms with Crippen LogP contribution >= 0.6 is 12.2 Å². The van der Waals surface area contributed by atoms with E-state index in [9.17, 15) is 5.11 Å². The number of aromatic nitrogens is 5. The number of benzene rings is 1. The van der Waals surface area contributed by atoms with Crippen LogP contribution in [0.25, 0.3) is 0 Å². The molecule has 1 aromatic carbocycles. The highest BCUT2D eigenvalue weighted by atomic mass is 32.1. The van der Waals surface area contributed by atoms with Crippen molar-refractivity contribution in [3.8, 4) is 5.75 Å². The molecule has 1 aliphatic heterocycles. The first kappa shape index (κ1) is 19.3. The van der Waals surface area contributed by atoms with Gasteiger partial charge in [-0.2, -0.15) is 0 Å². The third kappa shape index (κ3) is 3.23. The number of nitrogens with zero attached hydrogens (tertiary/aromatic N) is 6. The van der Waals surface area contributed by atoms with Crippen LogP contribution in [0.1, 0.15) is 34.7 Å². The average molecular weight is 432 g/mol. The number of phenolic OH excluding ortho intramolecular Hbond substituents is 1. The highest BCUT2D eigenvalue weighted by Gasteiger charge is 2.42. The summed E-state index contributed by atoms with van der Waals surface area (Å²) in [6, 6.07) is 14.9. The fourth-order valence-corrected chi connectivity index (χ4v) is 4.64. The summed E-state index contributed by atoms with van der Waals surface area (Å²) in [4.78, 5) is 6.69. The highest BCUT2D eigenvalue weighted by Crippen LogP contribution is 2.43. The van der Waals surface area contributed by atoms with Crippen molar-refractivity contribution in [3.05, 3.63) is 90.0 Å². The van der Waals surface area contributed by atoms with Crippen molar-refractivity contribution in [1.29, 1.82) is 0 Å². The van der Waals surface area contributed by atoms with E-state index >= 15 is 0 Å². The van der Waals surface area contributed by atoms with E-state index in [1.165, 1.54) is 0 Å². The summed E-state index contributed by atoms with van der Waals surface area (Å²) in [7, 11) is 0. The Morgan fingerprint density at radius 2 is 1.77 bits per heavy atom. The molecule has 1 aliphatic rings. The van der Waals surface area contributed by atoms with Crippen molar-refractivity contribution in [1.82, 2.24) is 29.9 Å². The number of nitrogens with one attached hydrogen (secondary N) is 1. The minimum atomic E-state index is -0.141. The summed E-state index contributed by atoms with van der Waals surface area (Å²) in [6.07, 6.45) is 5.14. The van der Waals surface area contributed by atoms with Gasteiger partial charge in [-0.1, -0.05) is 6.07 Å². The first-order valence-corrected chi connectivity index (χ1v) is 10.3. The molecule has 4 heterocycles. The topological polar surface area (TPSA) is 84.0 Å². The summed E-state index contributed by atoms with van der Waals surface area (Å²) in [6.45, 7) is 4.13. The van der Waals surface area contributed by atoms with Gasteiger partial charge in [0.05, 0.1) is 17.8 Å². The Labute approximate surface area is 184 Å². The maximum Gasteiger partial charge on any atom is 0.174 e. The second-order valence-corrected chi connectivity index (χ2v) is 7.88. The number of thiocarbonyl (C=S) groups is 1. The number of hydrogen-bond donors (Lipinski definition) is 2. The van der Waals surface area contributed by atoms with E-state index in [0.29, 0.717) is 5.11 Å². The molecule has 2 atom stereocenters. The third-order valence-corrected chi connectivity index (χ3v) is 5.93. The lowest BCUT2D eigenvalue weighted by Crippen LogP contribution is -2.29. The van der Waals surface area contributed by atoms with Gasteiger partial charge in [-0.05, 0) is 68.5 Å². The van der Waals surface area contributed by atoms with Gasteiger partial charge in [-0.25, -0.2) is 4.68 Å². The molecule has 1 fully saturated rings. The molecule has 1 saturated heterocycles. The lowest BCUT2D eigenvalue weighted by atomic mass is 9.96. The van der Waals surface area contributed by atoms with Gasteiger partial charge in [0.15, 0.2) is 5.11 Å². The van der Waals surface area contributed by atoms with Gasteiger partial charge in [0.1, 0.15) is 18.4 Å². The SMILES string of the molecule is Cc1cc([C@H]2[C@H](c3ccccn3)NC(=S)N2c2ccc(O)cc2)c(C)n1-n1cnnc1. The molecule has 9 heteroatoms. The minimum absolute atomic E-state index is 0.136. The fraction of sp³-hybridized carbons (Fsp3) is 0.182. The number of rotatable bonds is 4. The molecule has 2 N–H and O–H groups in total. The Bertz CT molecular complexity index is 1220. The molecule has 0 spiro atoms. The summed E-state index contributed by atoms with van der Waals surface area (Å²) in [5.74, 6) is 0.213. The van der Waals surface area contributed by atoms with Crippen LogP contribution < -0.4 is 10.2 Å². The summed E-state index contributed by atoms with van der Waals surface area (Å²) < 4.78 is 3.93. The number of aryl methyl sites for hydroxylation is 1. The summed E-state index contributed by atoms with van der Waals surface area (Å²) >= 11 is 5.76. The lowest BCUT2D eigenvalue weighted by molar-refractivity contribution is 0.475. The molecule has 31 heavy (non-hydrogen) atoms.